The summed E-state index contributed by atoms with van der Waals surface area (Å²) in [7, 11) is 0. The first kappa shape index (κ1) is 14.0. The molecule has 0 aliphatic heterocycles. The number of hydrogen-bond acceptors (Lipinski definition) is 4. The molecule has 1 aromatic rings. The quantitative estimate of drug-likeness (QED) is 0.599. The van der Waals surface area contributed by atoms with Crippen molar-refractivity contribution in [3.05, 3.63) is 33.9 Å². The number of hydrogen-bond donors (Lipinski definition) is 2. The number of nitrogens with zero attached hydrogens (tertiary/aromatic N) is 1. The maximum atomic E-state index is 10.9. The number of rotatable bonds is 6. The molecule has 6 heteroatoms. The molecule has 0 aromatic heterocycles. The van der Waals surface area contributed by atoms with Gasteiger partial charge in [-0.1, -0.05) is 20.3 Å². The second kappa shape index (κ2) is 6.00. The first-order valence-corrected chi connectivity index (χ1v) is 5.71. The van der Waals surface area contributed by atoms with Crippen LogP contribution in [-0.4, -0.2) is 22.5 Å². The summed E-state index contributed by atoms with van der Waals surface area (Å²) in [5.74, 6) is -0.845. The van der Waals surface area contributed by atoms with E-state index in [4.69, 9.17) is 5.11 Å². The van der Waals surface area contributed by atoms with Crippen molar-refractivity contribution in [1.29, 1.82) is 0 Å². The Kier molecular flexibility index (Phi) is 4.65. The zero-order valence-corrected chi connectivity index (χ0v) is 10.3. The minimum atomic E-state index is -1.30. The van der Waals surface area contributed by atoms with Gasteiger partial charge in [-0.15, -0.1) is 0 Å². The highest BCUT2D eigenvalue weighted by Gasteiger charge is 2.19. The van der Waals surface area contributed by atoms with Crippen molar-refractivity contribution >= 4 is 17.3 Å². The van der Waals surface area contributed by atoms with Crippen LogP contribution >= 0.6 is 0 Å². The Labute approximate surface area is 105 Å². The average Bonchev–Trinajstić information content (AvgIpc) is 2.35. The van der Waals surface area contributed by atoms with E-state index in [9.17, 15) is 14.9 Å². The van der Waals surface area contributed by atoms with Crippen molar-refractivity contribution in [3.8, 4) is 0 Å². The number of nitrogens with one attached hydrogen (secondary N) is 1. The van der Waals surface area contributed by atoms with E-state index in [1.165, 1.54) is 18.2 Å². The highest BCUT2D eigenvalue weighted by molar-refractivity contribution is 5.93. The molecular weight excluding hydrogens is 236 g/mol. The number of carboxylic acids is 1. The Balaban J connectivity index is 2.93. The number of nitro benzene ring substituents is 1. The summed E-state index contributed by atoms with van der Waals surface area (Å²) in [4.78, 5) is 20.9. The van der Waals surface area contributed by atoms with E-state index >= 15 is 0 Å². The van der Waals surface area contributed by atoms with E-state index in [0.29, 0.717) is 18.2 Å². The molecule has 0 radical (unpaired) electrons. The van der Waals surface area contributed by atoms with Crippen LogP contribution in [0.25, 0.3) is 0 Å². The Hall–Kier alpha value is -2.11. The molecule has 1 aromatic carbocycles. The summed E-state index contributed by atoms with van der Waals surface area (Å²) < 4.78 is 0. The van der Waals surface area contributed by atoms with Gasteiger partial charge in [-0.05, 0) is 18.1 Å². The van der Waals surface area contributed by atoms with E-state index in [-0.39, 0.29) is 5.56 Å². The lowest BCUT2D eigenvalue weighted by Gasteiger charge is -2.11. The predicted octanol–water partition coefficient (Wildman–Crippen LogP) is 2.75. The maximum absolute atomic E-state index is 10.9. The second-order valence-corrected chi connectivity index (χ2v) is 4.19. The summed E-state index contributed by atoms with van der Waals surface area (Å²) in [6.45, 7) is 4.83. The van der Waals surface area contributed by atoms with E-state index in [1.807, 2.05) is 0 Å². The van der Waals surface area contributed by atoms with E-state index < -0.39 is 16.6 Å². The highest BCUT2D eigenvalue weighted by Crippen LogP contribution is 2.23. The molecule has 0 aliphatic rings. The van der Waals surface area contributed by atoms with Gasteiger partial charge in [-0.2, -0.15) is 0 Å². The molecule has 0 aliphatic carbocycles. The van der Waals surface area contributed by atoms with Gasteiger partial charge in [0, 0.05) is 18.3 Å². The monoisotopic (exact) mass is 252 g/mol. The predicted molar refractivity (Wildman–Crippen MR) is 68.0 cm³/mol. The van der Waals surface area contributed by atoms with Gasteiger partial charge in [-0.25, -0.2) is 4.79 Å². The molecule has 1 unspecified atom stereocenters. The van der Waals surface area contributed by atoms with Crippen LogP contribution < -0.4 is 5.32 Å². The fraction of sp³-hybridized carbons (Fsp3) is 0.417. The third-order valence-electron chi connectivity index (χ3n) is 2.78. The van der Waals surface area contributed by atoms with Crippen molar-refractivity contribution in [2.75, 3.05) is 11.9 Å². The smallest absolute Gasteiger partial charge is 0.342 e. The number of benzene rings is 1. The van der Waals surface area contributed by atoms with Gasteiger partial charge in [0.1, 0.15) is 5.56 Å². The van der Waals surface area contributed by atoms with Crippen LogP contribution in [-0.2, 0) is 0 Å². The van der Waals surface area contributed by atoms with Gasteiger partial charge >= 0.3 is 5.97 Å². The number of nitro groups is 1. The lowest BCUT2D eigenvalue weighted by molar-refractivity contribution is -0.385. The largest absolute Gasteiger partial charge is 0.477 e. The van der Waals surface area contributed by atoms with Crippen LogP contribution in [0.2, 0.25) is 0 Å². The van der Waals surface area contributed by atoms with E-state index in [0.717, 1.165) is 6.42 Å². The zero-order chi connectivity index (χ0) is 13.7. The molecule has 0 fully saturated rings. The Bertz CT molecular complexity index is 459. The van der Waals surface area contributed by atoms with Gasteiger partial charge in [-0.3, -0.25) is 10.1 Å². The molecule has 2 N–H and O–H groups in total. The van der Waals surface area contributed by atoms with Gasteiger partial charge in [0.2, 0.25) is 0 Å². The van der Waals surface area contributed by atoms with Gasteiger partial charge in [0.15, 0.2) is 0 Å². The second-order valence-electron chi connectivity index (χ2n) is 4.19. The molecule has 98 valence electrons. The summed E-state index contributed by atoms with van der Waals surface area (Å²) in [5, 5.41) is 22.7. The SMILES string of the molecule is CCC(C)CNc1ccc([N+](=O)[O-])c(C(=O)O)c1. The number of carbonyl (C=O) groups is 1. The molecule has 0 spiro atoms. The summed E-state index contributed by atoms with van der Waals surface area (Å²) in [6.07, 6.45) is 1.01. The van der Waals surface area contributed by atoms with Crippen LogP contribution in [0.15, 0.2) is 18.2 Å². The molecule has 0 amide bonds. The summed E-state index contributed by atoms with van der Waals surface area (Å²) in [5.41, 5.74) is -0.107. The molecule has 18 heavy (non-hydrogen) atoms. The van der Waals surface area contributed by atoms with Crippen LogP contribution in [0.1, 0.15) is 30.6 Å². The Morgan fingerprint density at radius 2 is 2.22 bits per heavy atom. The molecule has 1 rings (SSSR count). The van der Waals surface area contributed by atoms with Gasteiger partial charge in [0.05, 0.1) is 4.92 Å². The summed E-state index contributed by atoms with van der Waals surface area (Å²) >= 11 is 0. The highest BCUT2D eigenvalue weighted by atomic mass is 16.6. The minimum absolute atomic E-state index is 0.297. The Morgan fingerprint density at radius 1 is 1.56 bits per heavy atom. The van der Waals surface area contributed by atoms with Crippen LogP contribution in [0.3, 0.4) is 0 Å². The number of anilines is 1. The average molecular weight is 252 g/mol. The first-order valence-electron chi connectivity index (χ1n) is 5.71. The van der Waals surface area contributed by atoms with Gasteiger partial charge < -0.3 is 10.4 Å². The molecule has 0 saturated carbocycles. The fourth-order valence-electron chi connectivity index (χ4n) is 1.41. The molecule has 0 bridgehead atoms. The normalized spacial score (nSPS) is 11.9. The van der Waals surface area contributed by atoms with Crippen molar-refractivity contribution in [2.24, 2.45) is 5.92 Å². The number of carboxylic acid groups (broad SMARTS) is 1. The van der Waals surface area contributed by atoms with Crippen molar-refractivity contribution in [3.63, 3.8) is 0 Å². The van der Waals surface area contributed by atoms with Gasteiger partial charge in [0.25, 0.3) is 5.69 Å². The molecule has 0 heterocycles. The molecule has 6 nitrogen and oxygen atoms in total. The van der Waals surface area contributed by atoms with Crippen LogP contribution in [0.5, 0.6) is 0 Å². The van der Waals surface area contributed by atoms with Crippen molar-refractivity contribution in [2.45, 2.75) is 20.3 Å². The van der Waals surface area contributed by atoms with Crippen LogP contribution in [0.4, 0.5) is 11.4 Å². The van der Waals surface area contributed by atoms with Crippen molar-refractivity contribution in [1.82, 2.24) is 0 Å². The maximum Gasteiger partial charge on any atom is 0.342 e. The minimum Gasteiger partial charge on any atom is -0.477 e. The zero-order valence-electron chi connectivity index (χ0n) is 10.3. The van der Waals surface area contributed by atoms with E-state index in [2.05, 4.69) is 19.2 Å². The Morgan fingerprint density at radius 3 is 2.72 bits per heavy atom. The molecule has 1 atom stereocenters. The third kappa shape index (κ3) is 3.44. The van der Waals surface area contributed by atoms with Crippen LogP contribution in [0, 0.1) is 16.0 Å². The first-order chi connectivity index (χ1) is 8.45. The summed E-state index contributed by atoms with van der Waals surface area (Å²) in [6, 6.07) is 4.03. The lowest BCUT2D eigenvalue weighted by atomic mass is 10.1. The topological polar surface area (TPSA) is 92.5 Å². The third-order valence-corrected chi connectivity index (χ3v) is 2.78. The lowest BCUT2D eigenvalue weighted by Crippen LogP contribution is -2.11. The fourth-order valence-corrected chi connectivity index (χ4v) is 1.41. The molecule has 0 saturated heterocycles. The van der Waals surface area contributed by atoms with E-state index in [1.54, 1.807) is 0 Å². The standard InChI is InChI=1S/C12H16N2O4/c1-3-8(2)7-13-9-4-5-11(14(17)18)10(6-9)12(15)16/h4-6,8,13H,3,7H2,1-2H3,(H,15,16). The van der Waals surface area contributed by atoms with Crippen molar-refractivity contribution < 1.29 is 14.8 Å². The molecular formula is C12H16N2O4. The number of aromatic carboxylic acids is 1.